The molecule has 2 unspecified atom stereocenters. The molecule has 2 aliphatic rings. The van der Waals surface area contributed by atoms with Crippen molar-refractivity contribution in [3.8, 4) is 0 Å². The minimum atomic E-state index is -0.867. The summed E-state index contributed by atoms with van der Waals surface area (Å²) in [5.41, 5.74) is 13.2. The third kappa shape index (κ3) is 8.44. The Morgan fingerprint density at radius 3 is 2.23 bits per heavy atom. The first-order valence-corrected chi connectivity index (χ1v) is 16.2. The molecule has 3 aromatic heterocycles. The first-order chi connectivity index (χ1) is 22.7. The van der Waals surface area contributed by atoms with Crippen LogP contribution in [0, 0.1) is 56.3 Å². The largest absolute Gasteiger partial charge is 2.00 e. The van der Waals surface area contributed by atoms with Crippen LogP contribution < -0.4 is 9.97 Å². The fraction of sp³-hybridized carbons (Fsp3) is 0.333. The van der Waals surface area contributed by atoms with E-state index in [0.717, 1.165) is 90.2 Å². The smallest absolute Gasteiger partial charge is 0.657 e. The molecule has 9 heteroatoms. The van der Waals surface area contributed by atoms with Crippen LogP contribution in [0.3, 0.4) is 0 Å². The molecule has 5 heterocycles. The average Bonchev–Trinajstić information content (AvgIpc) is 3.75. The first kappa shape index (κ1) is 37.9. The molecule has 2 N–H and O–H groups in total. The fourth-order valence-electron chi connectivity index (χ4n) is 6.05. The predicted octanol–water partition coefficient (Wildman–Crippen LogP) is 7.55. The molecular weight excluding hydrogens is 740 g/mol. The molecule has 0 fully saturated rings. The normalized spacial score (nSPS) is 14.0. The summed E-state index contributed by atoms with van der Waals surface area (Å²) < 4.78 is 10.8. The Morgan fingerprint density at radius 1 is 0.812 bits per heavy atom. The fourth-order valence-corrected chi connectivity index (χ4v) is 6.05. The standard InChI is InChI=1S/C39H44N4O4.Eu/c1-8-16-47-39(45)15-14-31-25(7)34-20-36-29(10-3)23(5)33(42-36)19-35-26(9-2)17-27(40-35)18-32-24(6)30(13-12-28(44)22-46-11-4)37(41-32)21-38(31)43-34;/h9-11,17-21,28,39,44-45H,2-4,8,12-16,22H2,1,5-7H3;/q-2;+2. The summed E-state index contributed by atoms with van der Waals surface area (Å²) in [7, 11) is 0. The van der Waals surface area contributed by atoms with Gasteiger partial charge in [-0.25, -0.2) is 9.97 Å². The summed E-state index contributed by atoms with van der Waals surface area (Å²) in [4.78, 5) is 20.2. The van der Waals surface area contributed by atoms with Gasteiger partial charge in [0, 0.05) is 18.6 Å². The number of rotatable bonds is 14. The Balaban J connectivity index is 0.00000520. The Bertz CT molecular complexity index is 1920. The van der Waals surface area contributed by atoms with Gasteiger partial charge in [0.1, 0.15) is 6.61 Å². The quantitative estimate of drug-likeness (QED) is 0.127. The van der Waals surface area contributed by atoms with Crippen LogP contribution in [0.4, 0.5) is 0 Å². The topological polar surface area (TPSA) is 113 Å². The van der Waals surface area contributed by atoms with Crippen LogP contribution in [0.25, 0.3) is 50.4 Å². The molecule has 0 saturated heterocycles. The third-order valence-electron chi connectivity index (χ3n) is 8.75. The van der Waals surface area contributed by atoms with E-state index in [4.69, 9.17) is 29.4 Å². The number of fused-ring (bicyclic) bond motifs is 8. The van der Waals surface area contributed by atoms with Crippen LogP contribution in [0.2, 0.25) is 0 Å². The summed E-state index contributed by atoms with van der Waals surface area (Å²) in [6, 6.07) is 10.0. The molecule has 48 heavy (non-hydrogen) atoms. The van der Waals surface area contributed by atoms with E-state index < -0.39 is 12.4 Å². The van der Waals surface area contributed by atoms with Crippen molar-refractivity contribution in [1.82, 2.24) is 19.9 Å². The van der Waals surface area contributed by atoms with Crippen molar-refractivity contribution in [1.29, 1.82) is 0 Å². The van der Waals surface area contributed by atoms with Gasteiger partial charge in [-0.1, -0.05) is 80.3 Å². The van der Waals surface area contributed by atoms with Crippen molar-refractivity contribution in [2.75, 3.05) is 13.2 Å². The average molecular weight is 785 g/mol. The molecular formula is C39H44EuN4O4. The van der Waals surface area contributed by atoms with Crippen molar-refractivity contribution in [3.63, 3.8) is 0 Å². The van der Waals surface area contributed by atoms with Crippen molar-refractivity contribution in [3.05, 3.63) is 102 Å². The SMILES string of the molecule is C=COCC(O)CCC1=C(C)c2cc3cc(C=C)c(cc4nc(cc5[n-]c(cc1n2)c(CCC(O)OCCC)c5C)C(C=C)=C4C)[n-]3.[Eu+2]. The predicted molar refractivity (Wildman–Crippen MR) is 191 cm³/mol. The molecule has 0 aliphatic carbocycles. The van der Waals surface area contributed by atoms with Crippen molar-refractivity contribution in [2.45, 2.75) is 72.2 Å². The molecule has 0 amide bonds. The van der Waals surface area contributed by atoms with Gasteiger partial charge in [0.25, 0.3) is 0 Å². The number of ether oxygens (including phenoxy) is 2. The van der Waals surface area contributed by atoms with Crippen molar-refractivity contribution in [2.24, 2.45) is 0 Å². The first-order valence-electron chi connectivity index (χ1n) is 16.2. The van der Waals surface area contributed by atoms with Crippen LogP contribution in [0.5, 0.6) is 0 Å². The van der Waals surface area contributed by atoms with E-state index in [9.17, 15) is 10.2 Å². The second-order valence-corrected chi connectivity index (χ2v) is 12.0. The minimum Gasteiger partial charge on any atom is -0.657 e. The number of aromatic nitrogens is 4. The van der Waals surface area contributed by atoms with E-state index in [0.29, 0.717) is 32.3 Å². The molecule has 5 rings (SSSR count). The van der Waals surface area contributed by atoms with E-state index >= 15 is 0 Å². The maximum atomic E-state index is 10.6. The van der Waals surface area contributed by atoms with Gasteiger partial charge in [-0.05, 0) is 68.7 Å². The zero-order chi connectivity index (χ0) is 33.7. The second kappa shape index (κ2) is 17.1. The Kier molecular flexibility index (Phi) is 13.5. The van der Waals surface area contributed by atoms with Gasteiger partial charge in [-0.3, -0.25) is 0 Å². The maximum Gasteiger partial charge on any atom is 2.00 e. The van der Waals surface area contributed by atoms with E-state index in [1.54, 1.807) is 6.08 Å². The molecule has 0 saturated carbocycles. The van der Waals surface area contributed by atoms with Crippen molar-refractivity contribution >= 4 is 50.4 Å². The monoisotopic (exact) mass is 785 g/mol. The maximum absolute atomic E-state index is 10.6. The number of nitrogens with zero attached hydrogens (tertiary/aromatic N) is 4. The van der Waals surface area contributed by atoms with E-state index in [1.165, 1.54) is 6.26 Å². The van der Waals surface area contributed by atoms with Gasteiger partial charge in [-0.15, -0.1) is 22.1 Å². The van der Waals surface area contributed by atoms with Gasteiger partial charge in [0.15, 0.2) is 6.29 Å². The van der Waals surface area contributed by atoms with E-state index in [1.807, 2.05) is 50.3 Å². The molecule has 0 spiro atoms. The summed E-state index contributed by atoms with van der Waals surface area (Å²) in [5.74, 6) is 0. The van der Waals surface area contributed by atoms with Crippen LogP contribution in [0.1, 0.15) is 85.9 Å². The van der Waals surface area contributed by atoms with Crippen LogP contribution in [0.15, 0.2) is 62.4 Å². The number of aliphatic hydroxyl groups is 2. The van der Waals surface area contributed by atoms with Crippen LogP contribution in [-0.4, -0.2) is 45.8 Å². The summed E-state index contributed by atoms with van der Waals surface area (Å²) >= 11 is 0. The number of allylic oxidation sites excluding steroid dienone is 5. The number of hydrogen-bond acceptors (Lipinski definition) is 6. The van der Waals surface area contributed by atoms with Gasteiger partial charge >= 0.3 is 49.4 Å². The Morgan fingerprint density at radius 2 is 1.52 bits per heavy atom. The van der Waals surface area contributed by atoms with Crippen LogP contribution in [-0.2, 0) is 15.9 Å². The summed E-state index contributed by atoms with van der Waals surface area (Å²) in [6.07, 6.45) is 6.37. The van der Waals surface area contributed by atoms with Crippen LogP contribution >= 0.6 is 0 Å². The van der Waals surface area contributed by atoms with Gasteiger partial charge in [-0.2, -0.15) is 0 Å². The van der Waals surface area contributed by atoms with E-state index in [-0.39, 0.29) is 56.0 Å². The third-order valence-corrected chi connectivity index (χ3v) is 8.75. The molecule has 251 valence electrons. The molecule has 0 aromatic carbocycles. The zero-order valence-corrected chi connectivity index (χ0v) is 30.6. The molecule has 2 aliphatic heterocycles. The molecule has 1 radical (unpaired) electrons. The molecule has 8 nitrogen and oxygen atoms in total. The van der Waals surface area contributed by atoms with Gasteiger partial charge in [0.05, 0.1) is 35.1 Å². The molecule has 3 aromatic rings. The minimum absolute atomic E-state index is 0. The van der Waals surface area contributed by atoms with E-state index in [2.05, 4.69) is 33.6 Å². The summed E-state index contributed by atoms with van der Waals surface area (Å²) in [6.45, 7) is 20.5. The summed E-state index contributed by atoms with van der Waals surface area (Å²) in [5, 5.41) is 21.1. The van der Waals surface area contributed by atoms with Gasteiger partial charge in [0.2, 0.25) is 0 Å². The molecule has 8 bridgehead atoms. The number of aliphatic hydroxyl groups excluding tert-OH is 2. The Labute approximate surface area is 324 Å². The van der Waals surface area contributed by atoms with Crippen molar-refractivity contribution < 1.29 is 69.1 Å². The Hall–Kier alpha value is -2.92. The molecule has 2 atom stereocenters. The van der Waals surface area contributed by atoms with Gasteiger partial charge < -0.3 is 29.7 Å². The second-order valence-electron chi connectivity index (χ2n) is 12.0. The number of hydrogen-bond donors (Lipinski definition) is 2. The zero-order valence-electron chi connectivity index (χ0n) is 28.2. The number of aryl methyl sites for hydroxylation is 2.